The van der Waals surface area contributed by atoms with Crippen LogP contribution in [0.15, 0.2) is 16.6 Å². The first-order valence-corrected chi connectivity index (χ1v) is 6.57. The second-order valence-electron chi connectivity index (χ2n) is 4.56. The van der Waals surface area contributed by atoms with E-state index < -0.39 is 0 Å². The van der Waals surface area contributed by atoms with Crippen molar-refractivity contribution in [2.45, 2.75) is 33.4 Å². The molecule has 0 bridgehead atoms. The molecule has 3 N–H and O–H groups in total. The minimum absolute atomic E-state index is 0.164. The van der Waals surface area contributed by atoms with Crippen molar-refractivity contribution in [2.75, 3.05) is 6.61 Å². The summed E-state index contributed by atoms with van der Waals surface area (Å²) in [5.74, 6) is 0.537. The lowest BCUT2D eigenvalue weighted by Gasteiger charge is -2.20. The summed E-state index contributed by atoms with van der Waals surface area (Å²) >= 11 is 3.42. The number of phenolic OH excluding ortho intramolecular Hbond substituents is 1. The predicted molar refractivity (Wildman–Crippen MR) is 73.1 cm³/mol. The molecule has 0 aliphatic heterocycles. The molecule has 0 saturated heterocycles. The van der Waals surface area contributed by atoms with Gasteiger partial charge in [0.1, 0.15) is 5.75 Å². The Labute approximate surface area is 111 Å². The molecule has 0 heterocycles. The smallest absolute Gasteiger partial charge is 0.123 e. The fourth-order valence-electron chi connectivity index (χ4n) is 1.57. The third-order valence-electron chi connectivity index (χ3n) is 3.10. The summed E-state index contributed by atoms with van der Waals surface area (Å²) in [7, 11) is 0. The van der Waals surface area contributed by atoms with Gasteiger partial charge in [-0.25, -0.2) is 0 Å². The van der Waals surface area contributed by atoms with Crippen molar-refractivity contribution in [3.63, 3.8) is 0 Å². The quantitative estimate of drug-likeness (QED) is 0.783. The van der Waals surface area contributed by atoms with E-state index in [4.69, 9.17) is 5.11 Å². The minimum Gasteiger partial charge on any atom is -0.507 e. The Morgan fingerprint density at radius 1 is 1.35 bits per heavy atom. The topological polar surface area (TPSA) is 52.5 Å². The van der Waals surface area contributed by atoms with Gasteiger partial charge >= 0.3 is 0 Å². The third kappa shape index (κ3) is 3.98. The van der Waals surface area contributed by atoms with Gasteiger partial charge < -0.3 is 15.5 Å². The molecule has 96 valence electrons. The van der Waals surface area contributed by atoms with Crippen LogP contribution in [-0.4, -0.2) is 22.9 Å². The maximum absolute atomic E-state index is 9.92. The van der Waals surface area contributed by atoms with Gasteiger partial charge in [0.15, 0.2) is 0 Å². The van der Waals surface area contributed by atoms with Gasteiger partial charge in [-0.2, -0.15) is 0 Å². The summed E-state index contributed by atoms with van der Waals surface area (Å²) in [6, 6.07) is 4.00. The highest BCUT2D eigenvalue weighted by molar-refractivity contribution is 9.10. The van der Waals surface area contributed by atoms with Crippen LogP contribution in [-0.2, 0) is 6.54 Å². The summed E-state index contributed by atoms with van der Waals surface area (Å²) in [4.78, 5) is 0. The molecule has 1 aromatic carbocycles. The number of aryl methyl sites for hydroxylation is 1. The lowest BCUT2D eigenvalue weighted by molar-refractivity contribution is 0.207. The number of halogens is 1. The van der Waals surface area contributed by atoms with Crippen LogP contribution in [0, 0.1) is 12.8 Å². The third-order valence-corrected chi connectivity index (χ3v) is 3.56. The van der Waals surface area contributed by atoms with Gasteiger partial charge in [-0.15, -0.1) is 0 Å². The minimum atomic E-state index is 0.164. The number of nitrogens with one attached hydrogen (secondary N) is 1. The highest BCUT2D eigenvalue weighted by Crippen LogP contribution is 2.26. The first kappa shape index (κ1) is 14.5. The van der Waals surface area contributed by atoms with Crippen LogP contribution in [0.4, 0.5) is 0 Å². The van der Waals surface area contributed by atoms with Crippen LogP contribution >= 0.6 is 15.9 Å². The zero-order chi connectivity index (χ0) is 13.0. The van der Waals surface area contributed by atoms with Crippen molar-refractivity contribution >= 4 is 15.9 Å². The van der Waals surface area contributed by atoms with E-state index in [1.807, 2.05) is 32.9 Å². The van der Waals surface area contributed by atoms with E-state index in [9.17, 15) is 5.11 Å². The molecule has 0 saturated carbocycles. The van der Waals surface area contributed by atoms with Gasteiger partial charge in [-0.05, 0) is 37.5 Å². The van der Waals surface area contributed by atoms with E-state index in [0.29, 0.717) is 12.3 Å². The number of aromatic hydroxyl groups is 1. The van der Waals surface area contributed by atoms with E-state index in [1.165, 1.54) is 0 Å². The average Bonchev–Trinajstić information content (AvgIpc) is 2.30. The van der Waals surface area contributed by atoms with Crippen molar-refractivity contribution < 1.29 is 10.2 Å². The molecule has 3 nitrogen and oxygen atoms in total. The summed E-state index contributed by atoms with van der Waals surface area (Å²) in [6.45, 7) is 6.66. The summed E-state index contributed by atoms with van der Waals surface area (Å²) < 4.78 is 0.965. The normalized spacial score (nSPS) is 14.6. The maximum Gasteiger partial charge on any atom is 0.123 e. The Balaban J connectivity index is 2.69. The number of hydrogen-bond acceptors (Lipinski definition) is 3. The Morgan fingerprint density at radius 3 is 2.59 bits per heavy atom. The average molecular weight is 302 g/mol. The first-order valence-electron chi connectivity index (χ1n) is 5.78. The second kappa shape index (κ2) is 6.38. The Bertz CT molecular complexity index is 382. The van der Waals surface area contributed by atoms with Gasteiger partial charge in [-0.1, -0.05) is 22.9 Å². The number of hydrogen-bond donors (Lipinski definition) is 3. The Morgan fingerprint density at radius 2 is 2.00 bits per heavy atom. The van der Waals surface area contributed by atoms with Gasteiger partial charge in [0, 0.05) is 29.2 Å². The highest BCUT2D eigenvalue weighted by atomic mass is 79.9. The molecular weight excluding hydrogens is 282 g/mol. The monoisotopic (exact) mass is 301 g/mol. The van der Waals surface area contributed by atoms with Crippen LogP contribution in [0.1, 0.15) is 25.0 Å². The van der Waals surface area contributed by atoms with Crippen molar-refractivity contribution in [3.8, 4) is 5.75 Å². The molecule has 2 unspecified atom stereocenters. The van der Waals surface area contributed by atoms with E-state index >= 15 is 0 Å². The predicted octanol–water partition coefficient (Wildman–Crippen LogP) is 2.57. The molecule has 17 heavy (non-hydrogen) atoms. The number of phenols is 1. The molecule has 0 radical (unpaired) electrons. The molecule has 0 fully saturated rings. The molecule has 0 aliphatic carbocycles. The number of aliphatic hydroxyl groups is 1. The molecule has 0 spiro atoms. The summed E-state index contributed by atoms with van der Waals surface area (Å²) in [6.07, 6.45) is 0. The van der Waals surface area contributed by atoms with Crippen LogP contribution in [0.3, 0.4) is 0 Å². The second-order valence-corrected chi connectivity index (χ2v) is 5.48. The van der Waals surface area contributed by atoms with E-state index in [0.717, 1.165) is 15.6 Å². The van der Waals surface area contributed by atoms with Gasteiger partial charge in [0.05, 0.1) is 0 Å². The highest BCUT2D eigenvalue weighted by Gasteiger charge is 2.12. The van der Waals surface area contributed by atoms with Crippen molar-refractivity contribution in [1.82, 2.24) is 5.32 Å². The fraction of sp³-hybridized carbons (Fsp3) is 0.538. The molecular formula is C13H20BrNO2. The van der Waals surface area contributed by atoms with Crippen molar-refractivity contribution in [2.24, 2.45) is 5.92 Å². The van der Waals surface area contributed by atoms with Crippen LogP contribution < -0.4 is 5.32 Å². The van der Waals surface area contributed by atoms with Gasteiger partial charge in [-0.3, -0.25) is 0 Å². The molecule has 1 aromatic rings. The summed E-state index contributed by atoms with van der Waals surface area (Å²) in [5, 5.41) is 22.3. The Hall–Kier alpha value is -0.580. The Kier molecular flexibility index (Phi) is 5.43. The van der Waals surface area contributed by atoms with E-state index in [-0.39, 0.29) is 18.6 Å². The lowest BCUT2D eigenvalue weighted by Crippen LogP contribution is -2.33. The first-order chi connectivity index (χ1) is 7.95. The number of aliphatic hydroxyl groups excluding tert-OH is 1. The largest absolute Gasteiger partial charge is 0.507 e. The zero-order valence-electron chi connectivity index (χ0n) is 10.5. The van der Waals surface area contributed by atoms with Crippen LogP contribution in [0.5, 0.6) is 5.75 Å². The zero-order valence-corrected chi connectivity index (χ0v) is 12.1. The van der Waals surface area contributed by atoms with Gasteiger partial charge in [0.2, 0.25) is 0 Å². The number of rotatable bonds is 5. The molecule has 0 amide bonds. The lowest BCUT2D eigenvalue weighted by atomic mass is 10.0. The molecule has 0 aliphatic rings. The number of benzene rings is 1. The fourth-order valence-corrected chi connectivity index (χ4v) is 2.19. The molecule has 2 atom stereocenters. The molecule has 0 aromatic heterocycles. The van der Waals surface area contributed by atoms with Crippen molar-refractivity contribution in [1.29, 1.82) is 0 Å². The SMILES string of the molecule is Cc1cc(Br)cc(CNC(C)C(C)CO)c1O. The standard InChI is InChI=1S/C13H20BrNO2/c1-8-4-12(14)5-11(13(8)17)6-15-10(3)9(2)7-16/h4-5,9-10,15-17H,6-7H2,1-3H3. The van der Waals surface area contributed by atoms with Gasteiger partial charge in [0.25, 0.3) is 0 Å². The summed E-state index contributed by atoms with van der Waals surface area (Å²) in [5.41, 5.74) is 1.73. The molecule has 4 heteroatoms. The van der Waals surface area contributed by atoms with Crippen LogP contribution in [0.25, 0.3) is 0 Å². The van der Waals surface area contributed by atoms with E-state index in [1.54, 1.807) is 0 Å². The van der Waals surface area contributed by atoms with Crippen LogP contribution in [0.2, 0.25) is 0 Å². The van der Waals surface area contributed by atoms with E-state index in [2.05, 4.69) is 21.2 Å². The maximum atomic E-state index is 9.92. The van der Waals surface area contributed by atoms with Crippen molar-refractivity contribution in [3.05, 3.63) is 27.7 Å². The molecule has 1 rings (SSSR count).